The maximum atomic E-state index is 12.1. The molecule has 6 nitrogen and oxygen atoms in total. The van der Waals surface area contributed by atoms with E-state index in [0.717, 1.165) is 11.4 Å². The molecular formula is C14H20N2O4S. The molecule has 1 aromatic rings. The molecule has 1 aliphatic heterocycles. The van der Waals surface area contributed by atoms with E-state index >= 15 is 0 Å². The molecule has 1 aromatic heterocycles. The number of morpholine rings is 1. The van der Waals surface area contributed by atoms with Crippen LogP contribution in [0.4, 0.5) is 5.00 Å². The number of hydrogen-bond donors (Lipinski definition) is 2. The van der Waals surface area contributed by atoms with Crippen molar-refractivity contribution in [3.63, 3.8) is 0 Å². The average molecular weight is 312 g/mol. The van der Waals surface area contributed by atoms with Gasteiger partial charge in [0.2, 0.25) is 5.91 Å². The van der Waals surface area contributed by atoms with Gasteiger partial charge in [-0.25, -0.2) is 4.79 Å². The van der Waals surface area contributed by atoms with E-state index in [2.05, 4.69) is 10.6 Å². The van der Waals surface area contributed by atoms with Crippen molar-refractivity contribution >= 4 is 28.2 Å². The van der Waals surface area contributed by atoms with Gasteiger partial charge < -0.3 is 20.1 Å². The first kappa shape index (κ1) is 15.9. The van der Waals surface area contributed by atoms with Gasteiger partial charge in [-0.1, -0.05) is 0 Å². The molecule has 0 aliphatic carbocycles. The summed E-state index contributed by atoms with van der Waals surface area (Å²) >= 11 is 1.37. The lowest BCUT2D eigenvalue weighted by molar-refractivity contribution is -0.119. The molecule has 1 unspecified atom stereocenters. The number of carbonyl (C=O) groups excluding carboxylic acids is 2. The SMILES string of the molecule is CCOC(=O)c1cc(C)sc1NC(=O)CC1CNCCO1. The number of aryl methyl sites for hydroxylation is 1. The Labute approximate surface area is 127 Å². The van der Waals surface area contributed by atoms with Crippen LogP contribution in [0.15, 0.2) is 6.07 Å². The molecule has 0 saturated carbocycles. The van der Waals surface area contributed by atoms with E-state index in [-0.39, 0.29) is 18.4 Å². The van der Waals surface area contributed by atoms with Gasteiger partial charge in [0, 0.05) is 18.0 Å². The summed E-state index contributed by atoms with van der Waals surface area (Å²) in [7, 11) is 0. The fourth-order valence-electron chi connectivity index (χ4n) is 2.10. The van der Waals surface area contributed by atoms with E-state index in [4.69, 9.17) is 9.47 Å². The first-order valence-electron chi connectivity index (χ1n) is 7.00. The number of rotatable bonds is 5. The Hall–Kier alpha value is -1.44. The number of ether oxygens (including phenoxy) is 2. The van der Waals surface area contributed by atoms with Crippen molar-refractivity contribution in [1.29, 1.82) is 0 Å². The van der Waals surface area contributed by atoms with E-state index in [1.54, 1.807) is 13.0 Å². The number of anilines is 1. The highest BCUT2D eigenvalue weighted by atomic mass is 32.1. The van der Waals surface area contributed by atoms with Gasteiger partial charge in [-0.15, -0.1) is 11.3 Å². The summed E-state index contributed by atoms with van der Waals surface area (Å²) in [6.45, 7) is 6.05. The molecule has 1 saturated heterocycles. The van der Waals surface area contributed by atoms with Crippen LogP contribution in [0.25, 0.3) is 0 Å². The molecule has 1 amide bonds. The summed E-state index contributed by atoms with van der Waals surface area (Å²) in [6, 6.07) is 1.73. The van der Waals surface area contributed by atoms with Gasteiger partial charge >= 0.3 is 5.97 Å². The Balaban J connectivity index is 1.98. The molecule has 2 heterocycles. The third kappa shape index (κ3) is 4.52. The van der Waals surface area contributed by atoms with Crippen LogP contribution in [0.3, 0.4) is 0 Å². The van der Waals surface area contributed by atoms with Gasteiger partial charge in [0.05, 0.1) is 31.3 Å². The Bertz CT molecular complexity index is 509. The fraction of sp³-hybridized carbons (Fsp3) is 0.571. The van der Waals surface area contributed by atoms with E-state index in [1.165, 1.54) is 11.3 Å². The zero-order valence-electron chi connectivity index (χ0n) is 12.2. The van der Waals surface area contributed by atoms with Crippen molar-refractivity contribution in [1.82, 2.24) is 5.32 Å². The summed E-state index contributed by atoms with van der Waals surface area (Å²) in [5.41, 5.74) is 0.412. The van der Waals surface area contributed by atoms with Crippen LogP contribution in [0.5, 0.6) is 0 Å². The van der Waals surface area contributed by atoms with Crippen LogP contribution in [0.2, 0.25) is 0 Å². The molecule has 1 aliphatic rings. The molecule has 7 heteroatoms. The topological polar surface area (TPSA) is 76.7 Å². The van der Waals surface area contributed by atoms with E-state index in [0.29, 0.717) is 30.3 Å². The van der Waals surface area contributed by atoms with Crippen molar-refractivity contribution in [3.8, 4) is 0 Å². The minimum atomic E-state index is -0.410. The number of hydrogen-bond acceptors (Lipinski definition) is 6. The minimum absolute atomic E-state index is 0.120. The lowest BCUT2D eigenvalue weighted by Gasteiger charge is -2.22. The molecule has 2 rings (SSSR count). The van der Waals surface area contributed by atoms with Crippen LogP contribution in [-0.4, -0.2) is 44.3 Å². The Morgan fingerprint density at radius 2 is 2.38 bits per heavy atom. The predicted molar refractivity (Wildman–Crippen MR) is 80.9 cm³/mol. The Morgan fingerprint density at radius 3 is 3.05 bits per heavy atom. The maximum Gasteiger partial charge on any atom is 0.341 e. The maximum absolute atomic E-state index is 12.1. The number of nitrogens with one attached hydrogen (secondary N) is 2. The van der Waals surface area contributed by atoms with Crippen molar-refractivity contribution in [3.05, 3.63) is 16.5 Å². The zero-order valence-corrected chi connectivity index (χ0v) is 13.0. The average Bonchev–Trinajstić information content (AvgIpc) is 2.81. The lowest BCUT2D eigenvalue weighted by atomic mass is 10.2. The first-order valence-corrected chi connectivity index (χ1v) is 7.81. The van der Waals surface area contributed by atoms with Crippen LogP contribution in [0.1, 0.15) is 28.6 Å². The highest BCUT2D eigenvalue weighted by Gasteiger charge is 2.21. The standard InChI is InChI=1S/C14H20N2O4S/c1-3-19-14(18)11-6-9(2)21-13(11)16-12(17)7-10-8-15-4-5-20-10/h6,10,15H,3-5,7-8H2,1-2H3,(H,16,17). The predicted octanol–water partition coefficient (Wildman–Crippen LogP) is 1.55. The third-order valence-corrected chi connectivity index (χ3v) is 3.99. The van der Waals surface area contributed by atoms with Gasteiger partial charge in [0.1, 0.15) is 5.00 Å². The number of carbonyl (C=O) groups is 2. The summed E-state index contributed by atoms with van der Waals surface area (Å²) < 4.78 is 10.5. The molecule has 0 bridgehead atoms. The summed E-state index contributed by atoms with van der Waals surface area (Å²) in [5, 5.41) is 6.51. The monoisotopic (exact) mass is 312 g/mol. The van der Waals surface area contributed by atoms with Gasteiger partial charge in [-0.05, 0) is 19.9 Å². The van der Waals surface area contributed by atoms with Gasteiger partial charge in [0.25, 0.3) is 0 Å². The summed E-state index contributed by atoms with van der Waals surface area (Å²) in [4.78, 5) is 24.9. The highest BCUT2D eigenvalue weighted by Crippen LogP contribution is 2.28. The first-order chi connectivity index (χ1) is 10.1. The van der Waals surface area contributed by atoms with E-state index in [1.807, 2.05) is 6.92 Å². The third-order valence-electron chi connectivity index (χ3n) is 3.02. The van der Waals surface area contributed by atoms with Gasteiger partial charge in [0.15, 0.2) is 0 Å². The highest BCUT2D eigenvalue weighted by molar-refractivity contribution is 7.16. The molecule has 116 valence electrons. The van der Waals surface area contributed by atoms with E-state index in [9.17, 15) is 9.59 Å². The minimum Gasteiger partial charge on any atom is -0.462 e. The van der Waals surface area contributed by atoms with Crippen LogP contribution >= 0.6 is 11.3 Å². The Kier molecular flexibility index (Phi) is 5.72. The van der Waals surface area contributed by atoms with Crippen molar-refractivity contribution in [2.75, 3.05) is 31.6 Å². The number of amides is 1. The van der Waals surface area contributed by atoms with Crippen molar-refractivity contribution in [2.24, 2.45) is 0 Å². The van der Waals surface area contributed by atoms with Gasteiger partial charge in [-0.3, -0.25) is 4.79 Å². The summed E-state index contributed by atoms with van der Waals surface area (Å²) in [5.74, 6) is -0.566. The molecule has 0 radical (unpaired) electrons. The fourth-order valence-corrected chi connectivity index (χ4v) is 3.02. The molecule has 0 spiro atoms. The zero-order chi connectivity index (χ0) is 15.2. The lowest BCUT2D eigenvalue weighted by Crippen LogP contribution is -2.40. The number of thiophene rings is 1. The molecule has 21 heavy (non-hydrogen) atoms. The Morgan fingerprint density at radius 1 is 1.57 bits per heavy atom. The van der Waals surface area contributed by atoms with Gasteiger partial charge in [-0.2, -0.15) is 0 Å². The second-order valence-electron chi connectivity index (χ2n) is 4.77. The van der Waals surface area contributed by atoms with Crippen LogP contribution in [0, 0.1) is 6.92 Å². The largest absolute Gasteiger partial charge is 0.462 e. The smallest absolute Gasteiger partial charge is 0.341 e. The molecule has 0 aromatic carbocycles. The normalized spacial score (nSPS) is 18.3. The van der Waals surface area contributed by atoms with Crippen molar-refractivity contribution in [2.45, 2.75) is 26.4 Å². The van der Waals surface area contributed by atoms with Crippen LogP contribution in [-0.2, 0) is 14.3 Å². The molecule has 2 N–H and O–H groups in total. The van der Waals surface area contributed by atoms with E-state index < -0.39 is 5.97 Å². The quantitative estimate of drug-likeness (QED) is 0.807. The molecule has 1 atom stereocenters. The second-order valence-corrected chi connectivity index (χ2v) is 6.03. The van der Waals surface area contributed by atoms with Crippen molar-refractivity contribution < 1.29 is 19.1 Å². The molecule has 1 fully saturated rings. The molecular weight excluding hydrogens is 292 g/mol. The summed E-state index contributed by atoms with van der Waals surface area (Å²) in [6.07, 6.45) is 0.150. The van der Waals surface area contributed by atoms with Crippen LogP contribution < -0.4 is 10.6 Å². The second kappa shape index (κ2) is 7.53. The number of esters is 1.